The molecule has 128 valence electrons. The summed E-state index contributed by atoms with van der Waals surface area (Å²) < 4.78 is 0. The van der Waals surface area contributed by atoms with Crippen molar-refractivity contribution >= 4 is 6.29 Å². The quantitative estimate of drug-likeness (QED) is 0.120. The van der Waals surface area contributed by atoms with E-state index in [0.717, 1.165) is 12.7 Å². The van der Waals surface area contributed by atoms with Gasteiger partial charge in [0.25, 0.3) is 0 Å². The molecular weight excluding hydrogens is 268 g/mol. The van der Waals surface area contributed by atoms with E-state index in [1.165, 1.54) is 96.0 Å². The molecule has 0 heterocycles. The summed E-state index contributed by atoms with van der Waals surface area (Å²) in [5.74, 6) is 0. The Labute approximate surface area is 139 Å². The van der Waals surface area contributed by atoms with Gasteiger partial charge in [0.05, 0.1) is 0 Å². The van der Waals surface area contributed by atoms with Crippen LogP contribution >= 0.6 is 0 Å². The minimum Gasteiger partial charge on any atom is -0.299 e. The van der Waals surface area contributed by atoms with Crippen LogP contribution in [0.4, 0.5) is 0 Å². The van der Waals surface area contributed by atoms with E-state index < -0.39 is 0 Å². The van der Waals surface area contributed by atoms with E-state index in [2.05, 4.69) is 13.0 Å². The van der Waals surface area contributed by atoms with E-state index in [4.69, 9.17) is 0 Å². The molecule has 0 saturated heterocycles. The molecule has 22 heavy (non-hydrogen) atoms. The average Bonchev–Trinajstić information content (AvgIpc) is 2.54. The Balaban J connectivity index is 3.04. The molecule has 0 aliphatic heterocycles. The average molecular weight is 307 g/mol. The summed E-state index contributed by atoms with van der Waals surface area (Å²) in [6, 6.07) is 0. The predicted molar refractivity (Wildman–Crippen MR) is 99.3 cm³/mol. The Hall–Kier alpha value is -0.850. The summed E-state index contributed by atoms with van der Waals surface area (Å²) in [4.78, 5) is 10.1. The monoisotopic (exact) mass is 306 g/mol. The van der Waals surface area contributed by atoms with Crippen molar-refractivity contribution in [1.82, 2.24) is 0 Å². The van der Waals surface area contributed by atoms with Gasteiger partial charge in [0, 0.05) is 0 Å². The van der Waals surface area contributed by atoms with Gasteiger partial charge in [0.15, 0.2) is 0 Å². The fourth-order valence-corrected chi connectivity index (χ4v) is 2.74. The summed E-state index contributed by atoms with van der Waals surface area (Å²) in [5.41, 5.74) is 0. The van der Waals surface area contributed by atoms with Gasteiger partial charge in [-0.05, 0) is 18.9 Å². The molecule has 0 saturated carbocycles. The molecule has 0 aromatic carbocycles. The Kier molecular flexibility index (Phi) is 19.4. The highest BCUT2D eigenvalue weighted by Crippen LogP contribution is 2.13. The zero-order chi connectivity index (χ0) is 16.1. The van der Waals surface area contributed by atoms with Crippen molar-refractivity contribution < 1.29 is 4.79 Å². The molecular formula is C21H38O. The maximum atomic E-state index is 10.1. The van der Waals surface area contributed by atoms with E-state index in [0.29, 0.717) is 0 Å². The molecule has 0 aliphatic carbocycles. The van der Waals surface area contributed by atoms with Crippen LogP contribution in [0.15, 0.2) is 24.3 Å². The van der Waals surface area contributed by atoms with Gasteiger partial charge in [0.1, 0.15) is 6.29 Å². The van der Waals surface area contributed by atoms with Crippen LogP contribution in [0.1, 0.15) is 103 Å². The first-order valence-electron chi connectivity index (χ1n) is 9.68. The number of carbonyl (C=O) groups excluding carboxylic acids is 1. The van der Waals surface area contributed by atoms with E-state index in [-0.39, 0.29) is 0 Å². The van der Waals surface area contributed by atoms with Crippen LogP contribution in [0, 0.1) is 0 Å². The number of rotatable bonds is 17. The van der Waals surface area contributed by atoms with E-state index in [1.807, 2.05) is 6.08 Å². The molecule has 1 nitrogen and oxygen atoms in total. The van der Waals surface area contributed by atoms with Gasteiger partial charge in [-0.3, -0.25) is 4.79 Å². The van der Waals surface area contributed by atoms with Gasteiger partial charge in [-0.25, -0.2) is 0 Å². The van der Waals surface area contributed by atoms with Gasteiger partial charge in [-0.15, -0.1) is 0 Å². The van der Waals surface area contributed by atoms with Crippen molar-refractivity contribution in [2.24, 2.45) is 0 Å². The molecule has 0 spiro atoms. The third-order valence-electron chi connectivity index (χ3n) is 4.16. The second kappa shape index (κ2) is 20.1. The number of hydrogen-bond acceptors (Lipinski definition) is 1. The second-order valence-electron chi connectivity index (χ2n) is 6.33. The van der Waals surface area contributed by atoms with Crippen LogP contribution in [-0.2, 0) is 4.79 Å². The van der Waals surface area contributed by atoms with Crippen molar-refractivity contribution in [3.63, 3.8) is 0 Å². The van der Waals surface area contributed by atoms with Gasteiger partial charge in [-0.2, -0.15) is 0 Å². The molecule has 1 heteroatoms. The standard InChI is InChI=1S/C21H38O/c1-2-3-4-5-6-7-8-9-10-11-12-13-14-15-16-17-18-19-20-21-22/h17-21H,2-16H2,1H3. The Morgan fingerprint density at radius 2 is 1.00 bits per heavy atom. The largest absolute Gasteiger partial charge is 0.299 e. The van der Waals surface area contributed by atoms with E-state index >= 15 is 0 Å². The number of aldehydes is 1. The molecule has 0 rings (SSSR count). The number of hydrogen-bond donors (Lipinski definition) is 0. The zero-order valence-corrected chi connectivity index (χ0v) is 14.9. The third kappa shape index (κ3) is 19.1. The maximum absolute atomic E-state index is 10.1. The molecule has 0 aromatic heterocycles. The highest BCUT2D eigenvalue weighted by Gasteiger charge is 1.93. The van der Waals surface area contributed by atoms with Gasteiger partial charge in [-0.1, -0.05) is 109 Å². The highest BCUT2D eigenvalue weighted by molar-refractivity contribution is 5.65. The highest BCUT2D eigenvalue weighted by atomic mass is 16.1. The van der Waals surface area contributed by atoms with Crippen LogP contribution < -0.4 is 0 Å². The van der Waals surface area contributed by atoms with Gasteiger partial charge >= 0.3 is 0 Å². The first-order chi connectivity index (χ1) is 10.9. The minimum atomic E-state index is 0.816. The SMILES string of the molecule is CCCCCCCCCCCCCCCCC=CC=CC=O. The van der Waals surface area contributed by atoms with Crippen molar-refractivity contribution in [3.8, 4) is 0 Å². The predicted octanol–water partition coefficient (Wildman–Crippen LogP) is 7.17. The van der Waals surface area contributed by atoms with Crippen LogP contribution in [0.25, 0.3) is 0 Å². The first-order valence-corrected chi connectivity index (χ1v) is 9.68. The second-order valence-corrected chi connectivity index (χ2v) is 6.33. The fourth-order valence-electron chi connectivity index (χ4n) is 2.74. The molecule has 0 atom stereocenters. The minimum absolute atomic E-state index is 0.816. The Morgan fingerprint density at radius 1 is 0.545 bits per heavy atom. The zero-order valence-electron chi connectivity index (χ0n) is 14.9. The molecule has 0 aliphatic rings. The number of allylic oxidation sites excluding steroid dienone is 4. The van der Waals surface area contributed by atoms with Gasteiger partial charge < -0.3 is 0 Å². The van der Waals surface area contributed by atoms with Crippen LogP contribution in [-0.4, -0.2) is 6.29 Å². The summed E-state index contributed by atoms with van der Waals surface area (Å²) >= 11 is 0. The summed E-state index contributed by atoms with van der Waals surface area (Å²) in [5, 5.41) is 0. The Morgan fingerprint density at radius 3 is 1.45 bits per heavy atom. The summed E-state index contributed by atoms with van der Waals surface area (Å²) in [6.45, 7) is 2.28. The molecule has 0 bridgehead atoms. The lowest BCUT2D eigenvalue weighted by atomic mass is 10.0. The van der Waals surface area contributed by atoms with E-state index in [9.17, 15) is 4.79 Å². The Bertz CT molecular complexity index is 265. The topological polar surface area (TPSA) is 17.1 Å². The van der Waals surface area contributed by atoms with Crippen molar-refractivity contribution in [2.75, 3.05) is 0 Å². The normalized spacial score (nSPS) is 11.7. The maximum Gasteiger partial charge on any atom is 0.142 e. The third-order valence-corrected chi connectivity index (χ3v) is 4.16. The van der Waals surface area contributed by atoms with Crippen molar-refractivity contribution in [1.29, 1.82) is 0 Å². The van der Waals surface area contributed by atoms with Crippen LogP contribution in [0.3, 0.4) is 0 Å². The van der Waals surface area contributed by atoms with Crippen LogP contribution in [0.2, 0.25) is 0 Å². The summed E-state index contributed by atoms with van der Waals surface area (Å²) in [7, 11) is 0. The van der Waals surface area contributed by atoms with E-state index in [1.54, 1.807) is 6.08 Å². The lowest BCUT2D eigenvalue weighted by molar-refractivity contribution is -0.104. The van der Waals surface area contributed by atoms with Crippen LogP contribution in [0.5, 0.6) is 0 Å². The fraction of sp³-hybridized carbons (Fsp3) is 0.762. The smallest absolute Gasteiger partial charge is 0.142 e. The molecule has 0 unspecified atom stereocenters. The van der Waals surface area contributed by atoms with Crippen molar-refractivity contribution in [2.45, 2.75) is 103 Å². The molecule has 0 radical (unpaired) electrons. The van der Waals surface area contributed by atoms with Gasteiger partial charge in [0.2, 0.25) is 0 Å². The van der Waals surface area contributed by atoms with Crippen molar-refractivity contribution in [3.05, 3.63) is 24.3 Å². The number of carbonyl (C=O) groups is 1. The molecule has 0 aromatic rings. The molecule has 0 N–H and O–H groups in total. The first kappa shape index (κ1) is 21.1. The summed E-state index contributed by atoms with van der Waals surface area (Å²) in [6.07, 6.45) is 29.2. The molecule has 0 fully saturated rings. The lowest BCUT2D eigenvalue weighted by Gasteiger charge is -2.02. The lowest BCUT2D eigenvalue weighted by Crippen LogP contribution is -1.83. The molecule has 0 amide bonds. The number of unbranched alkanes of at least 4 members (excludes halogenated alkanes) is 14.